The number of carbonyl (C=O) groups excluding carboxylic acids is 1. The van der Waals surface area contributed by atoms with Gasteiger partial charge in [0.2, 0.25) is 5.91 Å². The molecular weight excluding hydrogens is 266 g/mol. The standard InChI is InChI=1S/C16H25N3O2/c1-12(2)5-8-17-14-3-4-15(18-11-14)19-16(20)13-6-9-21-10-7-13/h3-4,11-13,17H,5-10H2,1-2H3,(H,18,19,20). The van der Waals surface area contributed by atoms with Crippen LogP contribution >= 0.6 is 0 Å². The quantitative estimate of drug-likeness (QED) is 0.846. The van der Waals surface area contributed by atoms with E-state index in [1.54, 1.807) is 6.20 Å². The van der Waals surface area contributed by atoms with E-state index in [4.69, 9.17) is 4.74 Å². The van der Waals surface area contributed by atoms with E-state index < -0.39 is 0 Å². The third-order valence-corrected chi connectivity index (χ3v) is 3.66. The fourth-order valence-corrected chi connectivity index (χ4v) is 2.27. The lowest BCUT2D eigenvalue weighted by atomic mass is 9.99. The monoisotopic (exact) mass is 291 g/mol. The number of hydrogen-bond acceptors (Lipinski definition) is 4. The third kappa shape index (κ3) is 5.34. The van der Waals surface area contributed by atoms with Gasteiger partial charge in [-0.3, -0.25) is 4.79 Å². The first-order chi connectivity index (χ1) is 10.1. The molecule has 1 aliphatic heterocycles. The highest BCUT2D eigenvalue weighted by molar-refractivity contribution is 5.91. The van der Waals surface area contributed by atoms with Crippen molar-refractivity contribution in [2.24, 2.45) is 11.8 Å². The van der Waals surface area contributed by atoms with E-state index in [1.165, 1.54) is 0 Å². The normalized spacial score (nSPS) is 16.0. The maximum atomic E-state index is 12.1. The Balaban J connectivity index is 1.80. The summed E-state index contributed by atoms with van der Waals surface area (Å²) in [5, 5.41) is 6.21. The van der Waals surface area contributed by atoms with Gasteiger partial charge in [0.1, 0.15) is 5.82 Å². The first-order valence-corrected chi connectivity index (χ1v) is 7.73. The highest BCUT2D eigenvalue weighted by atomic mass is 16.5. The zero-order valence-corrected chi connectivity index (χ0v) is 12.9. The summed E-state index contributed by atoms with van der Waals surface area (Å²) in [5.74, 6) is 1.39. The maximum Gasteiger partial charge on any atom is 0.228 e. The lowest BCUT2D eigenvalue weighted by Gasteiger charge is -2.20. The number of hydrogen-bond donors (Lipinski definition) is 2. The number of aromatic nitrogens is 1. The van der Waals surface area contributed by atoms with E-state index >= 15 is 0 Å². The minimum atomic E-state index is 0.0457. The summed E-state index contributed by atoms with van der Waals surface area (Å²) in [6.07, 6.45) is 4.48. The summed E-state index contributed by atoms with van der Waals surface area (Å²) >= 11 is 0. The van der Waals surface area contributed by atoms with Crippen LogP contribution in [0.1, 0.15) is 33.1 Å². The van der Waals surface area contributed by atoms with Crippen molar-refractivity contribution in [3.8, 4) is 0 Å². The Hall–Kier alpha value is -1.62. The Morgan fingerprint density at radius 2 is 2.14 bits per heavy atom. The number of anilines is 2. The molecule has 0 radical (unpaired) electrons. The van der Waals surface area contributed by atoms with Gasteiger partial charge in [-0.25, -0.2) is 4.98 Å². The summed E-state index contributed by atoms with van der Waals surface area (Å²) in [4.78, 5) is 16.4. The molecule has 1 fully saturated rings. The molecule has 1 saturated heterocycles. The van der Waals surface area contributed by atoms with Gasteiger partial charge in [0, 0.05) is 25.7 Å². The highest BCUT2D eigenvalue weighted by Crippen LogP contribution is 2.17. The van der Waals surface area contributed by atoms with Crippen LogP contribution < -0.4 is 10.6 Å². The predicted octanol–water partition coefficient (Wildman–Crippen LogP) is 2.90. The number of carbonyl (C=O) groups is 1. The molecule has 0 bridgehead atoms. The van der Waals surface area contributed by atoms with Crippen molar-refractivity contribution < 1.29 is 9.53 Å². The van der Waals surface area contributed by atoms with Crippen molar-refractivity contribution in [1.29, 1.82) is 0 Å². The molecule has 5 heteroatoms. The van der Waals surface area contributed by atoms with Crippen LogP contribution in [0.15, 0.2) is 18.3 Å². The number of nitrogens with one attached hydrogen (secondary N) is 2. The molecule has 0 atom stereocenters. The average molecular weight is 291 g/mol. The summed E-state index contributed by atoms with van der Waals surface area (Å²) in [7, 11) is 0. The van der Waals surface area contributed by atoms with Crippen molar-refractivity contribution >= 4 is 17.4 Å². The Bertz CT molecular complexity index is 439. The Kier molecular flexibility index (Phi) is 5.99. The van der Waals surface area contributed by atoms with Crippen LogP contribution in [0.3, 0.4) is 0 Å². The van der Waals surface area contributed by atoms with Gasteiger partial charge < -0.3 is 15.4 Å². The van der Waals surface area contributed by atoms with Gasteiger partial charge in [0.05, 0.1) is 11.9 Å². The van der Waals surface area contributed by atoms with Gasteiger partial charge in [0.25, 0.3) is 0 Å². The topological polar surface area (TPSA) is 63.2 Å². The van der Waals surface area contributed by atoms with E-state index in [-0.39, 0.29) is 11.8 Å². The van der Waals surface area contributed by atoms with E-state index in [0.717, 1.165) is 31.5 Å². The van der Waals surface area contributed by atoms with Gasteiger partial charge in [-0.15, -0.1) is 0 Å². The van der Waals surface area contributed by atoms with Crippen molar-refractivity contribution in [2.75, 3.05) is 30.4 Å². The van der Waals surface area contributed by atoms with Crippen LogP contribution in [0.5, 0.6) is 0 Å². The highest BCUT2D eigenvalue weighted by Gasteiger charge is 2.21. The second-order valence-corrected chi connectivity index (χ2v) is 5.92. The fourth-order valence-electron chi connectivity index (χ4n) is 2.27. The first kappa shape index (κ1) is 15.8. The molecule has 0 saturated carbocycles. The van der Waals surface area contributed by atoms with Crippen molar-refractivity contribution in [3.05, 3.63) is 18.3 Å². The predicted molar refractivity (Wildman–Crippen MR) is 84.4 cm³/mol. The molecule has 1 aromatic heterocycles. The Labute approximate surface area is 126 Å². The summed E-state index contributed by atoms with van der Waals surface area (Å²) in [6.45, 7) is 6.69. The summed E-state index contributed by atoms with van der Waals surface area (Å²) < 4.78 is 5.27. The zero-order valence-electron chi connectivity index (χ0n) is 12.9. The van der Waals surface area contributed by atoms with Gasteiger partial charge in [-0.2, -0.15) is 0 Å². The number of nitrogens with zero attached hydrogens (tertiary/aromatic N) is 1. The zero-order chi connectivity index (χ0) is 15.1. The number of pyridine rings is 1. The molecule has 2 rings (SSSR count). The summed E-state index contributed by atoms with van der Waals surface area (Å²) in [5.41, 5.74) is 0.986. The van der Waals surface area contributed by atoms with Crippen molar-refractivity contribution in [3.63, 3.8) is 0 Å². The van der Waals surface area contributed by atoms with E-state index in [0.29, 0.717) is 24.9 Å². The van der Waals surface area contributed by atoms with Crippen LogP contribution in [-0.4, -0.2) is 30.6 Å². The van der Waals surface area contributed by atoms with Crippen LogP contribution in [0.2, 0.25) is 0 Å². The molecule has 116 valence electrons. The molecule has 2 N–H and O–H groups in total. The average Bonchev–Trinajstić information content (AvgIpc) is 2.49. The maximum absolute atomic E-state index is 12.1. The largest absolute Gasteiger partial charge is 0.384 e. The Morgan fingerprint density at radius 3 is 2.76 bits per heavy atom. The fraction of sp³-hybridized carbons (Fsp3) is 0.625. The van der Waals surface area contributed by atoms with Crippen LogP contribution in [-0.2, 0) is 9.53 Å². The number of rotatable bonds is 6. The SMILES string of the molecule is CC(C)CCNc1ccc(NC(=O)C2CCOCC2)nc1. The molecule has 5 nitrogen and oxygen atoms in total. The van der Waals surface area contributed by atoms with E-state index in [1.807, 2.05) is 12.1 Å². The molecule has 1 aromatic rings. The lowest BCUT2D eigenvalue weighted by molar-refractivity contribution is -0.122. The molecular formula is C16H25N3O2. The molecule has 0 unspecified atom stereocenters. The van der Waals surface area contributed by atoms with Gasteiger partial charge >= 0.3 is 0 Å². The molecule has 1 amide bonds. The minimum Gasteiger partial charge on any atom is -0.384 e. The van der Waals surface area contributed by atoms with Crippen LogP contribution in [0.25, 0.3) is 0 Å². The molecule has 0 aromatic carbocycles. The number of ether oxygens (including phenoxy) is 1. The molecule has 0 spiro atoms. The van der Waals surface area contributed by atoms with E-state index in [9.17, 15) is 4.79 Å². The third-order valence-electron chi connectivity index (χ3n) is 3.66. The van der Waals surface area contributed by atoms with Gasteiger partial charge in [0.15, 0.2) is 0 Å². The van der Waals surface area contributed by atoms with Gasteiger partial charge in [-0.05, 0) is 37.3 Å². The van der Waals surface area contributed by atoms with Crippen LogP contribution in [0.4, 0.5) is 11.5 Å². The molecule has 0 aliphatic carbocycles. The van der Waals surface area contributed by atoms with Crippen LogP contribution in [0, 0.1) is 11.8 Å². The minimum absolute atomic E-state index is 0.0457. The second-order valence-electron chi connectivity index (χ2n) is 5.92. The summed E-state index contributed by atoms with van der Waals surface area (Å²) in [6, 6.07) is 3.79. The smallest absolute Gasteiger partial charge is 0.228 e. The van der Waals surface area contributed by atoms with Gasteiger partial charge in [-0.1, -0.05) is 13.8 Å². The lowest BCUT2D eigenvalue weighted by Crippen LogP contribution is -2.28. The van der Waals surface area contributed by atoms with E-state index in [2.05, 4.69) is 29.5 Å². The van der Waals surface area contributed by atoms with Crippen molar-refractivity contribution in [1.82, 2.24) is 4.98 Å². The molecule has 21 heavy (non-hydrogen) atoms. The second kappa shape index (κ2) is 7.98. The first-order valence-electron chi connectivity index (χ1n) is 7.73. The van der Waals surface area contributed by atoms with Crippen molar-refractivity contribution in [2.45, 2.75) is 33.1 Å². The molecule has 2 heterocycles. The Morgan fingerprint density at radius 1 is 1.38 bits per heavy atom. The molecule has 1 aliphatic rings. The number of amides is 1.